The molecule has 0 aromatic heterocycles. The fourth-order valence-electron chi connectivity index (χ4n) is 10.8. The molecule has 5 nitrogen and oxygen atoms in total. The van der Waals surface area contributed by atoms with Crippen LogP contribution in [0.2, 0.25) is 0 Å². The van der Waals surface area contributed by atoms with Crippen molar-refractivity contribution < 1.29 is 14.3 Å². The normalized spacial score (nSPS) is 34.2. The SMILES string of the molecule is COc1ccc2c(c1)C13CCN(CC4CC4)C(C2)C12CCC1C3[C@H](C2)C(=O)N1C(=O)c1ccccc1-c1ccccc1. The van der Waals surface area contributed by atoms with E-state index in [0.717, 1.165) is 61.4 Å². The van der Waals surface area contributed by atoms with Crippen molar-refractivity contribution in [3.05, 3.63) is 89.5 Å². The van der Waals surface area contributed by atoms with Crippen LogP contribution < -0.4 is 4.74 Å². The van der Waals surface area contributed by atoms with Crippen molar-refractivity contribution in [2.45, 2.75) is 62.4 Å². The zero-order valence-corrected chi connectivity index (χ0v) is 24.3. The molecule has 2 saturated heterocycles. The number of carbonyl (C=O) groups excluding carboxylic acids is 2. The van der Waals surface area contributed by atoms with Crippen LogP contribution in [0.15, 0.2) is 72.8 Å². The number of rotatable bonds is 5. The Morgan fingerprint density at radius 2 is 1.79 bits per heavy atom. The largest absolute Gasteiger partial charge is 0.497 e. The highest BCUT2D eigenvalue weighted by molar-refractivity contribution is 6.10. The third kappa shape index (κ3) is 3.13. The molecule has 2 amide bonds. The summed E-state index contributed by atoms with van der Waals surface area (Å²) in [6, 6.07) is 25.1. The molecule has 5 unspecified atom stereocenters. The Labute approximate surface area is 247 Å². The first-order valence-electron chi connectivity index (χ1n) is 16.0. The Morgan fingerprint density at radius 1 is 0.976 bits per heavy atom. The fraction of sp³-hybridized carbons (Fsp3) is 0.459. The van der Waals surface area contributed by atoms with Crippen LogP contribution in [0.1, 0.15) is 60.0 Å². The van der Waals surface area contributed by atoms with Gasteiger partial charge in [-0.05, 0) is 103 Å². The van der Waals surface area contributed by atoms with Gasteiger partial charge in [0.05, 0.1) is 7.11 Å². The van der Waals surface area contributed by atoms with Gasteiger partial charge in [0.1, 0.15) is 5.75 Å². The van der Waals surface area contributed by atoms with E-state index in [1.54, 1.807) is 12.0 Å². The lowest BCUT2D eigenvalue weighted by atomic mass is 9.43. The Balaban J connectivity index is 1.16. The Hall–Kier alpha value is -3.44. The summed E-state index contributed by atoms with van der Waals surface area (Å²) in [5, 5.41) is 0. The van der Waals surface area contributed by atoms with E-state index in [1.807, 2.05) is 54.6 Å². The molecule has 214 valence electrons. The van der Waals surface area contributed by atoms with Gasteiger partial charge in [0.25, 0.3) is 5.91 Å². The van der Waals surface area contributed by atoms with Crippen LogP contribution in [-0.4, -0.2) is 53.9 Å². The Morgan fingerprint density at radius 3 is 2.60 bits per heavy atom. The van der Waals surface area contributed by atoms with Gasteiger partial charge in [-0.25, -0.2) is 0 Å². The Bertz CT molecular complexity index is 1610. The number of amides is 2. The molecular weight excluding hydrogens is 520 g/mol. The second kappa shape index (κ2) is 8.79. The average Bonchev–Trinajstić information content (AvgIpc) is 3.76. The number of nitrogens with zero attached hydrogens (tertiary/aromatic N) is 2. The summed E-state index contributed by atoms with van der Waals surface area (Å²) in [5.74, 6) is 1.79. The third-order valence-electron chi connectivity index (χ3n) is 12.4. The van der Waals surface area contributed by atoms with Crippen LogP contribution in [-0.2, 0) is 16.6 Å². The van der Waals surface area contributed by atoms with Crippen molar-refractivity contribution in [1.29, 1.82) is 0 Å². The Kier molecular flexibility index (Phi) is 5.25. The summed E-state index contributed by atoms with van der Waals surface area (Å²) in [5.41, 5.74) is 5.41. The lowest BCUT2D eigenvalue weighted by Gasteiger charge is -2.66. The molecule has 4 aliphatic carbocycles. The number of piperidine rings is 1. The molecule has 3 aromatic carbocycles. The molecule has 0 N–H and O–H groups in total. The van der Waals surface area contributed by atoms with Crippen LogP contribution in [0.5, 0.6) is 5.75 Å². The summed E-state index contributed by atoms with van der Waals surface area (Å²) in [6.45, 7) is 2.30. The summed E-state index contributed by atoms with van der Waals surface area (Å²) < 4.78 is 5.79. The fourth-order valence-corrected chi connectivity index (χ4v) is 10.8. The smallest absolute Gasteiger partial charge is 0.261 e. The van der Waals surface area contributed by atoms with Crippen LogP contribution >= 0.6 is 0 Å². The average molecular weight is 559 g/mol. The number of hydrogen-bond acceptors (Lipinski definition) is 4. The zero-order chi connectivity index (χ0) is 28.2. The highest BCUT2D eigenvalue weighted by atomic mass is 16.5. The van der Waals surface area contributed by atoms with Crippen molar-refractivity contribution in [1.82, 2.24) is 9.80 Å². The lowest BCUT2D eigenvalue weighted by Crippen LogP contribution is -2.70. The van der Waals surface area contributed by atoms with E-state index in [2.05, 4.69) is 23.1 Å². The van der Waals surface area contributed by atoms with Crippen molar-refractivity contribution in [2.24, 2.45) is 23.2 Å². The zero-order valence-electron chi connectivity index (χ0n) is 24.3. The molecule has 2 heterocycles. The molecule has 5 heteroatoms. The first-order valence-corrected chi connectivity index (χ1v) is 16.0. The summed E-state index contributed by atoms with van der Waals surface area (Å²) >= 11 is 0. The lowest BCUT2D eigenvalue weighted by molar-refractivity contribution is -0.134. The quantitative estimate of drug-likeness (QED) is 0.355. The van der Waals surface area contributed by atoms with E-state index < -0.39 is 0 Å². The number of benzene rings is 3. The van der Waals surface area contributed by atoms with Crippen LogP contribution in [0, 0.1) is 23.2 Å². The highest BCUT2D eigenvalue weighted by Crippen LogP contribution is 2.76. The molecule has 6 atom stereocenters. The van der Waals surface area contributed by atoms with Gasteiger partial charge in [0, 0.05) is 41.4 Å². The number of hydrogen-bond donors (Lipinski definition) is 0. The number of likely N-dealkylation sites (tertiary alicyclic amines) is 2. The first kappa shape index (κ1) is 25.1. The molecule has 5 fully saturated rings. The maximum atomic E-state index is 14.5. The number of imide groups is 1. The minimum atomic E-state index is -0.118. The summed E-state index contributed by atoms with van der Waals surface area (Å²) in [4.78, 5) is 33.6. The maximum absolute atomic E-state index is 14.5. The molecular formula is C37H38N2O3. The van der Waals surface area contributed by atoms with Crippen LogP contribution in [0.4, 0.5) is 0 Å². The van der Waals surface area contributed by atoms with Gasteiger partial charge in [-0.2, -0.15) is 0 Å². The van der Waals surface area contributed by atoms with Gasteiger partial charge < -0.3 is 4.74 Å². The summed E-state index contributed by atoms with van der Waals surface area (Å²) in [6.07, 6.45) is 7.79. The number of ether oxygens (including phenoxy) is 1. The first-order chi connectivity index (χ1) is 20.6. The summed E-state index contributed by atoms with van der Waals surface area (Å²) in [7, 11) is 1.76. The molecule has 3 saturated carbocycles. The van der Waals surface area contributed by atoms with E-state index in [4.69, 9.17) is 4.74 Å². The molecule has 4 bridgehead atoms. The second-order valence-electron chi connectivity index (χ2n) is 13.9. The van der Waals surface area contributed by atoms with E-state index in [0.29, 0.717) is 11.6 Å². The van der Waals surface area contributed by atoms with Gasteiger partial charge in [-0.3, -0.25) is 19.4 Å². The molecule has 3 aromatic rings. The highest BCUT2D eigenvalue weighted by Gasteiger charge is 2.78. The van der Waals surface area contributed by atoms with Gasteiger partial charge in [-0.15, -0.1) is 0 Å². The van der Waals surface area contributed by atoms with E-state index >= 15 is 0 Å². The van der Waals surface area contributed by atoms with Gasteiger partial charge in [0.15, 0.2) is 0 Å². The van der Waals surface area contributed by atoms with Crippen LogP contribution in [0.3, 0.4) is 0 Å². The van der Waals surface area contributed by atoms with E-state index in [1.165, 1.54) is 30.5 Å². The molecule has 2 aliphatic heterocycles. The molecule has 42 heavy (non-hydrogen) atoms. The monoisotopic (exact) mass is 558 g/mol. The predicted octanol–water partition coefficient (Wildman–Crippen LogP) is 6.11. The van der Waals surface area contributed by atoms with E-state index in [-0.39, 0.29) is 40.5 Å². The minimum absolute atomic E-state index is 0.0535. The van der Waals surface area contributed by atoms with E-state index in [9.17, 15) is 9.59 Å². The topological polar surface area (TPSA) is 49.9 Å². The van der Waals surface area contributed by atoms with Crippen molar-refractivity contribution in [3.8, 4) is 16.9 Å². The molecule has 6 aliphatic rings. The maximum Gasteiger partial charge on any atom is 0.261 e. The second-order valence-corrected chi connectivity index (χ2v) is 13.9. The minimum Gasteiger partial charge on any atom is -0.497 e. The van der Waals surface area contributed by atoms with Gasteiger partial charge in [0.2, 0.25) is 5.91 Å². The molecule has 0 radical (unpaired) electrons. The number of fused-ring (bicyclic) bond motifs is 1. The third-order valence-corrected chi connectivity index (χ3v) is 12.4. The predicted molar refractivity (Wildman–Crippen MR) is 161 cm³/mol. The molecule has 9 rings (SSSR count). The molecule has 0 spiro atoms. The van der Waals surface area contributed by atoms with Crippen molar-refractivity contribution in [2.75, 3.05) is 20.2 Å². The van der Waals surface area contributed by atoms with Gasteiger partial charge in [-0.1, -0.05) is 54.6 Å². The van der Waals surface area contributed by atoms with Crippen molar-refractivity contribution >= 4 is 11.8 Å². The van der Waals surface area contributed by atoms with Gasteiger partial charge >= 0.3 is 0 Å². The number of carbonyl (C=O) groups is 2. The number of methoxy groups -OCH3 is 1. The standard InChI is InChI=1S/C37H38N2O3/c1-42-26-14-13-25-19-32-36-16-15-31-33(37(36,30(25)20-26)17-18-38(32)22-23-11-12-23)29(21-36)35(41)39(31)34(40)28-10-6-5-9-27(28)24-7-3-2-4-8-24/h2-10,13-14,20,23,29,31-33H,11-12,15-19,21-22H2,1H3/t29-,31?,32?,33?,36?,37?/m0/s1. The van der Waals surface area contributed by atoms with Crippen molar-refractivity contribution in [3.63, 3.8) is 0 Å². The van der Waals surface area contributed by atoms with Crippen LogP contribution in [0.25, 0.3) is 11.1 Å².